The Morgan fingerprint density at radius 3 is 2.64 bits per heavy atom. The second-order valence-electron chi connectivity index (χ2n) is 3.17. The highest BCUT2D eigenvalue weighted by Gasteiger charge is 2.22. The summed E-state index contributed by atoms with van der Waals surface area (Å²) >= 11 is 0. The van der Waals surface area contributed by atoms with Crippen LogP contribution in [0.2, 0.25) is 0 Å². The molecule has 0 aromatic carbocycles. The summed E-state index contributed by atoms with van der Waals surface area (Å²) in [6, 6.07) is 0.653. The Balaban J connectivity index is 2.13. The summed E-state index contributed by atoms with van der Waals surface area (Å²) in [6.07, 6.45) is 0.581. The fraction of sp³-hybridized carbons (Fsp3) is 1.00. The van der Waals surface area contributed by atoms with Crippen LogP contribution in [-0.4, -0.2) is 36.5 Å². The number of ether oxygens (including phenoxy) is 1. The Morgan fingerprint density at radius 1 is 1.64 bits per heavy atom. The summed E-state index contributed by atoms with van der Waals surface area (Å²) in [5.74, 6) is 0. The van der Waals surface area contributed by atoms with Crippen molar-refractivity contribution in [1.82, 2.24) is 5.32 Å². The highest BCUT2D eigenvalue weighted by atomic mass is 16.5. The lowest BCUT2D eigenvalue weighted by molar-refractivity contribution is -0.0181. The number of rotatable bonds is 4. The van der Waals surface area contributed by atoms with Gasteiger partial charge in [-0.1, -0.05) is 6.92 Å². The third-order valence-corrected chi connectivity index (χ3v) is 2.13. The predicted molar refractivity (Wildman–Crippen MR) is 43.5 cm³/mol. The van der Waals surface area contributed by atoms with Crippen LogP contribution in [0.4, 0.5) is 0 Å². The van der Waals surface area contributed by atoms with Crippen molar-refractivity contribution >= 4 is 0 Å². The van der Waals surface area contributed by atoms with E-state index in [9.17, 15) is 5.11 Å². The average Bonchev–Trinajstić information content (AvgIpc) is 1.94. The van der Waals surface area contributed by atoms with Gasteiger partial charge in [-0.25, -0.2) is 0 Å². The molecule has 0 aromatic heterocycles. The Hall–Kier alpha value is -0.120. The lowest BCUT2D eigenvalue weighted by atomic mass is 10.1. The Kier molecular flexibility index (Phi) is 3.30. The first-order valence-electron chi connectivity index (χ1n) is 4.26. The first-order chi connectivity index (χ1) is 5.24. The zero-order valence-electron chi connectivity index (χ0n) is 7.21. The molecule has 3 heteroatoms. The smallest absolute Gasteiger partial charge is 0.0688 e. The van der Waals surface area contributed by atoms with Crippen LogP contribution in [0.25, 0.3) is 0 Å². The number of nitrogens with one attached hydrogen (secondary N) is 1. The SMILES string of the molecule is CCC(O)C(C)NC1COC1. The Bertz CT molecular complexity index is 115. The molecular weight excluding hydrogens is 142 g/mol. The molecule has 1 aliphatic rings. The van der Waals surface area contributed by atoms with Gasteiger partial charge in [-0.3, -0.25) is 0 Å². The summed E-state index contributed by atoms with van der Waals surface area (Å²) < 4.78 is 5.00. The molecule has 66 valence electrons. The number of hydrogen-bond donors (Lipinski definition) is 2. The van der Waals surface area contributed by atoms with Crippen LogP contribution in [0.5, 0.6) is 0 Å². The van der Waals surface area contributed by atoms with Crippen molar-refractivity contribution in [3.63, 3.8) is 0 Å². The van der Waals surface area contributed by atoms with Crippen molar-refractivity contribution in [2.24, 2.45) is 0 Å². The Morgan fingerprint density at radius 2 is 2.27 bits per heavy atom. The van der Waals surface area contributed by atoms with Crippen LogP contribution in [0, 0.1) is 0 Å². The van der Waals surface area contributed by atoms with Gasteiger partial charge in [0.1, 0.15) is 0 Å². The molecule has 2 N–H and O–H groups in total. The van der Waals surface area contributed by atoms with Gasteiger partial charge in [-0.05, 0) is 13.3 Å². The molecule has 1 heterocycles. The zero-order chi connectivity index (χ0) is 8.27. The van der Waals surface area contributed by atoms with Gasteiger partial charge in [0.05, 0.1) is 25.4 Å². The molecule has 0 spiro atoms. The molecule has 1 saturated heterocycles. The van der Waals surface area contributed by atoms with Crippen LogP contribution in [0.3, 0.4) is 0 Å². The third kappa shape index (κ3) is 2.43. The van der Waals surface area contributed by atoms with E-state index < -0.39 is 0 Å². The summed E-state index contributed by atoms with van der Waals surface area (Å²) in [5, 5.41) is 12.7. The third-order valence-electron chi connectivity index (χ3n) is 2.13. The number of aliphatic hydroxyl groups excluding tert-OH is 1. The molecule has 0 aliphatic carbocycles. The van der Waals surface area contributed by atoms with Crippen molar-refractivity contribution in [2.45, 2.75) is 38.5 Å². The fourth-order valence-corrected chi connectivity index (χ4v) is 1.17. The van der Waals surface area contributed by atoms with E-state index >= 15 is 0 Å². The van der Waals surface area contributed by atoms with Gasteiger partial charge in [0, 0.05) is 6.04 Å². The largest absolute Gasteiger partial charge is 0.392 e. The zero-order valence-corrected chi connectivity index (χ0v) is 7.21. The van der Waals surface area contributed by atoms with Gasteiger partial charge >= 0.3 is 0 Å². The highest BCUT2D eigenvalue weighted by Crippen LogP contribution is 2.04. The van der Waals surface area contributed by atoms with Gasteiger partial charge in [-0.2, -0.15) is 0 Å². The lowest BCUT2D eigenvalue weighted by Crippen LogP contribution is -2.52. The van der Waals surface area contributed by atoms with Crippen molar-refractivity contribution in [1.29, 1.82) is 0 Å². The molecule has 1 aliphatic heterocycles. The van der Waals surface area contributed by atoms with Gasteiger partial charge in [-0.15, -0.1) is 0 Å². The maximum absolute atomic E-state index is 9.39. The number of hydrogen-bond acceptors (Lipinski definition) is 3. The van der Waals surface area contributed by atoms with Crippen LogP contribution < -0.4 is 5.32 Å². The van der Waals surface area contributed by atoms with E-state index in [1.165, 1.54) is 0 Å². The normalized spacial score (nSPS) is 24.3. The highest BCUT2D eigenvalue weighted by molar-refractivity contribution is 4.79. The van der Waals surface area contributed by atoms with Crippen molar-refractivity contribution in [2.75, 3.05) is 13.2 Å². The standard InChI is InChI=1S/C8H17NO2/c1-3-8(10)6(2)9-7-4-11-5-7/h6-10H,3-5H2,1-2H3. The molecule has 3 nitrogen and oxygen atoms in total. The molecule has 0 bridgehead atoms. The molecule has 0 saturated carbocycles. The van der Waals surface area contributed by atoms with Gasteiger partial charge in [0.2, 0.25) is 0 Å². The average molecular weight is 159 g/mol. The lowest BCUT2D eigenvalue weighted by Gasteiger charge is -2.31. The van der Waals surface area contributed by atoms with Gasteiger partial charge in [0.25, 0.3) is 0 Å². The van der Waals surface area contributed by atoms with Gasteiger partial charge < -0.3 is 15.2 Å². The molecular formula is C8H17NO2. The molecule has 0 aromatic rings. The molecule has 2 atom stereocenters. The van der Waals surface area contributed by atoms with Crippen molar-refractivity contribution in [3.05, 3.63) is 0 Å². The molecule has 2 unspecified atom stereocenters. The second kappa shape index (κ2) is 4.04. The maximum Gasteiger partial charge on any atom is 0.0688 e. The summed E-state index contributed by atoms with van der Waals surface area (Å²) in [7, 11) is 0. The van der Waals surface area contributed by atoms with Crippen LogP contribution in [-0.2, 0) is 4.74 Å². The molecule has 0 amide bonds. The van der Waals surface area contributed by atoms with E-state index in [1.54, 1.807) is 0 Å². The quantitative estimate of drug-likeness (QED) is 0.613. The van der Waals surface area contributed by atoms with E-state index in [0.29, 0.717) is 6.04 Å². The maximum atomic E-state index is 9.39. The molecule has 1 rings (SSSR count). The van der Waals surface area contributed by atoms with Crippen molar-refractivity contribution < 1.29 is 9.84 Å². The fourth-order valence-electron chi connectivity index (χ4n) is 1.17. The monoisotopic (exact) mass is 159 g/mol. The van der Waals surface area contributed by atoms with E-state index in [0.717, 1.165) is 19.6 Å². The van der Waals surface area contributed by atoms with E-state index in [-0.39, 0.29) is 12.1 Å². The Labute approximate surface area is 67.7 Å². The summed E-state index contributed by atoms with van der Waals surface area (Å²) in [6.45, 7) is 5.58. The van der Waals surface area contributed by atoms with Crippen LogP contribution in [0.15, 0.2) is 0 Å². The van der Waals surface area contributed by atoms with Crippen LogP contribution >= 0.6 is 0 Å². The predicted octanol–water partition coefficient (Wildman–Crippen LogP) is 0.134. The minimum Gasteiger partial charge on any atom is -0.392 e. The van der Waals surface area contributed by atoms with E-state index in [2.05, 4.69) is 5.32 Å². The number of aliphatic hydroxyl groups is 1. The molecule has 11 heavy (non-hydrogen) atoms. The minimum atomic E-state index is -0.226. The topological polar surface area (TPSA) is 41.5 Å². The van der Waals surface area contributed by atoms with Gasteiger partial charge in [0.15, 0.2) is 0 Å². The van der Waals surface area contributed by atoms with E-state index in [4.69, 9.17) is 4.74 Å². The second-order valence-corrected chi connectivity index (χ2v) is 3.17. The summed E-state index contributed by atoms with van der Waals surface area (Å²) in [5.41, 5.74) is 0. The van der Waals surface area contributed by atoms with Crippen molar-refractivity contribution in [3.8, 4) is 0 Å². The first kappa shape index (κ1) is 8.97. The summed E-state index contributed by atoms with van der Waals surface area (Å²) in [4.78, 5) is 0. The first-order valence-corrected chi connectivity index (χ1v) is 4.26. The minimum absolute atomic E-state index is 0.189. The molecule has 1 fully saturated rings. The van der Waals surface area contributed by atoms with Crippen LogP contribution in [0.1, 0.15) is 20.3 Å². The molecule has 0 radical (unpaired) electrons. The van der Waals surface area contributed by atoms with E-state index in [1.807, 2.05) is 13.8 Å².